The number of hydrogen-bond donors (Lipinski definition) is 2. The molecule has 4 heteroatoms. The number of hydrogen-bond acceptors (Lipinski definition) is 4. The molecule has 0 saturated heterocycles. The van der Waals surface area contributed by atoms with Crippen LogP contribution in [0.5, 0.6) is 5.75 Å². The summed E-state index contributed by atoms with van der Waals surface area (Å²) in [5.74, 6) is 0.174. The van der Waals surface area contributed by atoms with Crippen LogP contribution >= 0.6 is 0 Å². The molecular formula is C14H21NO3. The van der Waals surface area contributed by atoms with E-state index in [1.54, 1.807) is 6.92 Å². The van der Waals surface area contributed by atoms with Crippen LogP contribution in [0.4, 0.5) is 0 Å². The number of ether oxygens (including phenoxy) is 1. The van der Waals surface area contributed by atoms with E-state index in [4.69, 9.17) is 4.74 Å². The topological polar surface area (TPSA) is 58.6 Å². The molecule has 0 saturated carbocycles. The first-order valence-corrected chi connectivity index (χ1v) is 6.20. The lowest BCUT2D eigenvalue weighted by Crippen LogP contribution is -2.19. The van der Waals surface area contributed by atoms with E-state index < -0.39 is 0 Å². The van der Waals surface area contributed by atoms with Crippen LogP contribution in [0.1, 0.15) is 30.0 Å². The Labute approximate surface area is 108 Å². The first-order chi connectivity index (χ1) is 8.54. The molecule has 18 heavy (non-hydrogen) atoms. The van der Waals surface area contributed by atoms with Crippen molar-refractivity contribution in [3.63, 3.8) is 0 Å². The molecule has 0 aliphatic heterocycles. The maximum atomic E-state index is 11.1. The van der Waals surface area contributed by atoms with Crippen molar-refractivity contribution in [2.75, 3.05) is 13.2 Å². The third kappa shape index (κ3) is 4.37. The van der Waals surface area contributed by atoms with E-state index in [2.05, 4.69) is 5.32 Å². The van der Waals surface area contributed by atoms with Gasteiger partial charge in [0.2, 0.25) is 0 Å². The molecule has 0 aliphatic rings. The minimum atomic E-state index is -0.178. The number of benzene rings is 1. The highest BCUT2D eigenvalue weighted by molar-refractivity contribution is 5.69. The first-order valence-electron chi connectivity index (χ1n) is 6.20. The Balaban J connectivity index is 2.38. The van der Waals surface area contributed by atoms with Gasteiger partial charge in [-0.1, -0.05) is 12.1 Å². The monoisotopic (exact) mass is 251 g/mol. The summed E-state index contributed by atoms with van der Waals surface area (Å²) in [6, 6.07) is 3.89. The Morgan fingerprint density at radius 1 is 1.33 bits per heavy atom. The molecule has 0 fully saturated rings. The Kier molecular flexibility index (Phi) is 5.65. The van der Waals surface area contributed by atoms with Gasteiger partial charge >= 0.3 is 5.97 Å². The molecule has 0 atom stereocenters. The second-order valence-electron chi connectivity index (χ2n) is 4.31. The molecule has 4 nitrogen and oxygen atoms in total. The van der Waals surface area contributed by atoms with E-state index in [0.717, 1.165) is 16.7 Å². The summed E-state index contributed by atoms with van der Waals surface area (Å²) < 4.78 is 4.84. The molecule has 2 N–H and O–H groups in total. The minimum absolute atomic E-state index is 0.178. The van der Waals surface area contributed by atoms with Crippen LogP contribution in [0.25, 0.3) is 0 Å². The number of aromatic hydroxyl groups is 1. The number of aryl methyl sites for hydroxylation is 2. The largest absolute Gasteiger partial charge is 0.507 e. The molecule has 0 aliphatic carbocycles. The molecule has 1 aromatic rings. The summed E-state index contributed by atoms with van der Waals surface area (Å²) in [5, 5.41) is 12.8. The van der Waals surface area contributed by atoms with Gasteiger partial charge in [0.1, 0.15) is 5.75 Å². The zero-order valence-corrected chi connectivity index (χ0v) is 11.2. The number of carbonyl (C=O) groups is 1. The smallest absolute Gasteiger partial charge is 0.307 e. The predicted octanol–water partition coefficient (Wildman–Crippen LogP) is 2.05. The van der Waals surface area contributed by atoms with Gasteiger partial charge in [-0.15, -0.1) is 0 Å². The molecule has 1 aromatic carbocycles. The number of esters is 1. The van der Waals surface area contributed by atoms with Crippen LogP contribution < -0.4 is 5.32 Å². The Morgan fingerprint density at radius 2 is 1.94 bits per heavy atom. The summed E-state index contributed by atoms with van der Waals surface area (Å²) in [4.78, 5) is 11.1. The SMILES string of the molecule is CCOC(=O)CCNCc1cc(C)c(O)c(C)c1. The molecule has 0 spiro atoms. The summed E-state index contributed by atoms with van der Waals surface area (Å²) in [6.45, 7) is 7.26. The molecule has 0 aromatic heterocycles. The van der Waals surface area contributed by atoms with Crippen molar-refractivity contribution in [3.8, 4) is 5.75 Å². The molecule has 0 unspecified atom stereocenters. The van der Waals surface area contributed by atoms with Crippen molar-refractivity contribution in [3.05, 3.63) is 28.8 Å². The van der Waals surface area contributed by atoms with Gasteiger partial charge in [-0.3, -0.25) is 4.79 Å². The average Bonchev–Trinajstić information content (AvgIpc) is 2.32. The first kappa shape index (κ1) is 14.5. The van der Waals surface area contributed by atoms with E-state index in [9.17, 15) is 9.90 Å². The van der Waals surface area contributed by atoms with Gasteiger partial charge in [-0.05, 0) is 37.5 Å². The lowest BCUT2D eigenvalue weighted by Gasteiger charge is -2.09. The second kappa shape index (κ2) is 7.01. The Morgan fingerprint density at radius 3 is 2.50 bits per heavy atom. The normalized spacial score (nSPS) is 10.4. The van der Waals surface area contributed by atoms with Crippen molar-refractivity contribution in [2.24, 2.45) is 0 Å². The summed E-state index contributed by atoms with van der Waals surface area (Å²) in [5.41, 5.74) is 2.85. The summed E-state index contributed by atoms with van der Waals surface area (Å²) >= 11 is 0. The zero-order chi connectivity index (χ0) is 13.5. The fourth-order valence-corrected chi connectivity index (χ4v) is 1.80. The summed E-state index contributed by atoms with van der Waals surface area (Å²) in [6.07, 6.45) is 0.379. The van der Waals surface area contributed by atoms with Gasteiger partial charge in [-0.2, -0.15) is 0 Å². The minimum Gasteiger partial charge on any atom is -0.507 e. The quantitative estimate of drug-likeness (QED) is 0.600. The van der Waals surface area contributed by atoms with Gasteiger partial charge in [0.05, 0.1) is 13.0 Å². The molecule has 0 radical (unpaired) electrons. The maximum Gasteiger partial charge on any atom is 0.307 e. The molecule has 1 rings (SSSR count). The summed E-state index contributed by atoms with van der Waals surface area (Å²) in [7, 11) is 0. The number of phenols is 1. The Bertz CT molecular complexity index is 392. The highest BCUT2D eigenvalue weighted by Gasteiger charge is 2.04. The highest BCUT2D eigenvalue weighted by atomic mass is 16.5. The van der Waals surface area contributed by atoms with Crippen molar-refractivity contribution >= 4 is 5.97 Å². The Hall–Kier alpha value is -1.55. The predicted molar refractivity (Wildman–Crippen MR) is 70.5 cm³/mol. The van der Waals surface area contributed by atoms with Crippen LogP contribution in [0.15, 0.2) is 12.1 Å². The van der Waals surface area contributed by atoms with E-state index in [1.165, 1.54) is 0 Å². The third-order valence-corrected chi connectivity index (χ3v) is 2.69. The lowest BCUT2D eigenvalue weighted by molar-refractivity contribution is -0.142. The highest BCUT2D eigenvalue weighted by Crippen LogP contribution is 2.22. The maximum absolute atomic E-state index is 11.1. The fourth-order valence-electron chi connectivity index (χ4n) is 1.80. The second-order valence-corrected chi connectivity index (χ2v) is 4.31. The molecule has 0 amide bonds. The van der Waals surface area contributed by atoms with Gasteiger partial charge in [0.25, 0.3) is 0 Å². The van der Waals surface area contributed by atoms with Crippen molar-refractivity contribution in [2.45, 2.75) is 33.7 Å². The van der Waals surface area contributed by atoms with E-state index in [1.807, 2.05) is 26.0 Å². The van der Waals surface area contributed by atoms with E-state index in [-0.39, 0.29) is 5.97 Å². The number of phenolic OH excluding ortho intramolecular Hbond substituents is 1. The van der Waals surface area contributed by atoms with Crippen LogP contribution in [0, 0.1) is 13.8 Å². The van der Waals surface area contributed by atoms with Crippen molar-refractivity contribution in [1.29, 1.82) is 0 Å². The molecule has 0 heterocycles. The van der Waals surface area contributed by atoms with Gasteiger partial charge < -0.3 is 15.2 Å². The van der Waals surface area contributed by atoms with Crippen LogP contribution in [0.2, 0.25) is 0 Å². The average molecular weight is 251 g/mol. The van der Waals surface area contributed by atoms with Gasteiger partial charge in [0.15, 0.2) is 0 Å². The number of rotatable bonds is 6. The molecular weight excluding hydrogens is 230 g/mol. The van der Waals surface area contributed by atoms with Crippen LogP contribution in [-0.4, -0.2) is 24.2 Å². The third-order valence-electron chi connectivity index (χ3n) is 2.69. The van der Waals surface area contributed by atoms with E-state index >= 15 is 0 Å². The standard InChI is InChI=1S/C14H21NO3/c1-4-18-13(16)5-6-15-9-12-7-10(2)14(17)11(3)8-12/h7-8,15,17H,4-6,9H2,1-3H3. The molecule has 0 bridgehead atoms. The molecule has 100 valence electrons. The van der Waals surface area contributed by atoms with E-state index in [0.29, 0.717) is 31.9 Å². The number of carbonyl (C=O) groups excluding carboxylic acids is 1. The van der Waals surface area contributed by atoms with Crippen molar-refractivity contribution < 1.29 is 14.6 Å². The lowest BCUT2D eigenvalue weighted by atomic mass is 10.1. The van der Waals surface area contributed by atoms with Crippen molar-refractivity contribution in [1.82, 2.24) is 5.32 Å². The zero-order valence-electron chi connectivity index (χ0n) is 11.2. The van der Waals surface area contributed by atoms with Crippen LogP contribution in [-0.2, 0) is 16.1 Å². The number of nitrogens with one attached hydrogen (secondary N) is 1. The van der Waals surface area contributed by atoms with Gasteiger partial charge in [0, 0.05) is 13.1 Å². The van der Waals surface area contributed by atoms with Crippen LogP contribution in [0.3, 0.4) is 0 Å². The fraction of sp³-hybridized carbons (Fsp3) is 0.500. The van der Waals surface area contributed by atoms with Gasteiger partial charge in [-0.25, -0.2) is 0 Å².